The van der Waals surface area contributed by atoms with Crippen LogP contribution < -0.4 is 15.5 Å². The highest BCUT2D eigenvalue weighted by molar-refractivity contribution is 6.06. The zero-order valence-corrected chi connectivity index (χ0v) is 18.8. The van der Waals surface area contributed by atoms with Gasteiger partial charge >= 0.3 is 6.03 Å². The largest absolute Gasteiger partial charge is 0.444 e. The van der Waals surface area contributed by atoms with Crippen LogP contribution in [0.5, 0.6) is 0 Å². The molecule has 2 fully saturated rings. The lowest BCUT2D eigenvalue weighted by atomic mass is 10.2. The normalized spacial score (nSPS) is 15.8. The SMILES string of the molecule is Cn1cc(NC(=O)c2coc(-c3ccnc(NCC4CC4)c3)n2)c(N2CCN(CCO)C2=O)n1. The maximum atomic E-state index is 12.9. The van der Waals surface area contributed by atoms with Crippen LogP contribution in [-0.2, 0) is 7.05 Å². The lowest BCUT2D eigenvalue weighted by molar-refractivity contribution is 0.102. The number of pyridine rings is 1. The molecule has 1 aliphatic heterocycles. The monoisotopic (exact) mass is 466 g/mol. The molecule has 0 radical (unpaired) electrons. The lowest BCUT2D eigenvalue weighted by Crippen LogP contribution is -2.34. The van der Waals surface area contributed by atoms with Gasteiger partial charge in [-0.05, 0) is 30.9 Å². The summed E-state index contributed by atoms with van der Waals surface area (Å²) in [6.07, 6.45) is 7.08. The van der Waals surface area contributed by atoms with Crippen molar-refractivity contribution in [2.24, 2.45) is 13.0 Å². The number of aliphatic hydroxyl groups excluding tert-OH is 1. The average molecular weight is 467 g/mol. The standard InChI is InChI=1S/C22H26N8O4/c1-28-12-16(19(27-28)30-7-6-29(8-9-31)22(30)33)25-20(32)17-13-34-21(26-17)15-4-5-23-18(10-15)24-11-14-2-3-14/h4-5,10,12-14,31H,2-3,6-9,11H2,1H3,(H,23,24)(H,25,32). The van der Waals surface area contributed by atoms with Gasteiger partial charge in [0, 0.05) is 45.0 Å². The smallest absolute Gasteiger partial charge is 0.325 e. The summed E-state index contributed by atoms with van der Waals surface area (Å²) < 4.78 is 7.07. The van der Waals surface area contributed by atoms with Crippen molar-refractivity contribution in [1.29, 1.82) is 0 Å². The lowest BCUT2D eigenvalue weighted by Gasteiger charge is -2.17. The van der Waals surface area contributed by atoms with Crippen LogP contribution in [-0.4, -0.2) is 74.5 Å². The van der Waals surface area contributed by atoms with Crippen molar-refractivity contribution in [2.75, 3.05) is 48.3 Å². The van der Waals surface area contributed by atoms with Gasteiger partial charge in [0.15, 0.2) is 11.5 Å². The van der Waals surface area contributed by atoms with E-state index in [-0.39, 0.29) is 24.9 Å². The molecule has 4 heterocycles. The van der Waals surface area contributed by atoms with E-state index in [4.69, 9.17) is 9.52 Å². The molecule has 178 valence electrons. The summed E-state index contributed by atoms with van der Waals surface area (Å²) >= 11 is 0. The third-order valence-electron chi connectivity index (χ3n) is 5.79. The van der Waals surface area contributed by atoms with Gasteiger partial charge in [-0.25, -0.2) is 14.8 Å². The minimum absolute atomic E-state index is 0.101. The van der Waals surface area contributed by atoms with Crippen molar-refractivity contribution in [3.63, 3.8) is 0 Å². The number of aromatic nitrogens is 4. The van der Waals surface area contributed by atoms with Crippen LogP contribution >= 0.6 is 0 Å². The highest BCUT2D eigenvalue weighted by Gasteiger charge is 2.33. The molecule has 0 unspecified atom stereocenters. The second kappa shape index (κ2) is 9.14. The highest BCUT2D eigenvalue weighted by Crippen LogP contribution is 2.30. The number of amides is 3. The van der Waals surface area contributed by atoms with E-state index in [1.165, 1.54) is 33.6 Å². The summed E-state index contributed by atoms with van der Waals surface area (Å²) in [6, 6.07) is 3.34. The molecular weight excluding hydrogens is 440 g/mol. The Labute approximate surface area is 195 Å². The van der Waals surface area contributed by atoms with Crippen LogP contribution in [0.1, 0.15) is 23.3 Å². The molecule has 3 amide bonds. The van der Waals surface area contributed by atoms with Gasteiger partial charge in [-0.3, -0.25) is 14.4 Å². The number of β-amino-alcohol motifs (C(OH)–C–C–N with tert-alkyl or cyclic N) is 1. The van der Waals surface area contributed by atoms with Crippen LogP contribution in [0.15, 0.2) is 35.2 Å². The van der Waals surface area contributed by atoms with E-state index in [2.05, 4.69) is 25.7 Å². The van der Waals surface area contributed by atoms with Crippen molar-refractivity contribution in [3.05, 3.63) is 36.5 Å². The molecule has 5 rings (SSSR count). The Morgan fingerprint density at radius 3 is 2.97 bits per heavy atom. The topological polar surface area (TPSA) is 142 Å². The molecule has 1 saturated carbocycles. The number of carbonyl (C=O) groups excluding carboxylic acids is 2. The van der Waals surface area contributed by atoms with E-state index in [0.717, 1.165) is 12.4 Å². The van der Waals surface area contributed by atoms with Crippen LogP contribution in [0.25, 0.3) is 11.5 Å². The number of carbonyl (C=O) groups is 2. The Morgan fingerprint density at radius 2 is 2.18 bits per heavy atom. The van der Waals surface area contributed by atoms with E-state index in [9.17, 15) is 9.59 Å². The maximum Gasteiger partial charge on any atom is 0.325 e. The van der Waals surface area contributed by atoms with Crippen molar-refractivity contribution >= 4 is 29.3 Å². The predicted octanol–water partition coefficient (Wildman–Crippen LogP) is 1.78. The van der Waals surface area contributed by atoms with Crippen LogP contribution in [0, 0.1) is 5.92 Å². The fourth-order valence-corrected chi connectivity index (χ4v) is 3.80. The van der Waals surface area contributed by atoms with Gasteiger partial charge in [0.2, 0.25) is 5.89 Å². The van der Waals surface area contributed by atoms with E-state index < -0.39 is 5.91 Å². The van der Waals surface area contributed by atoms with Gasteiger partial charge in [0.1, 0.15) is 17.8 Å². The Balaban J connectivity index is 1.29. The van der Waals surface area contributed by atoms with Gasteiger partial charge in [-0.2, -0.15) is 5.10 Å². The molecule has 34 heavy (non-hydrogen) atoms. The number of aryl methyl sites for hydroxylation is 1. The molecule has 3 aromatic heterocycles. The second-order valence-corrected chi connectivity index (χ2v) is 8.43. The second-order valence-electron chi connectivity index (χ2n) is 8.43. The number of urea groups is 1. The molecule has 2 aliphatic rings. The molecule has 1 saturated heterocycles. The Bertz CT molecular complexity index is 1200. The molecule has 3 aromatic rings. The van der Waals surface area contributed by atoms with Crippen LogP contribution in [0.4, 0.5) is 22.1 Å². The predicted molar refractivity (Wildman–Crippen MR) is 124 cm³/mol. The zero-order valence-electron chi connectivity index (χ0n) is 18.8. The first-order chi connectivity index (χ1) is 16.5. The third kappa shape index (κ3) is 4.57. The molecule has 0 bridgehead atoms. The summed E-state index contributed by atoms with van der Waals surface area (Å²) in [5.41, 5.74) is 1.19. The third-order valence-corrected chi connectivity index (χ3v) is 5.79. The molecule has 0 spiro atoms. The van der Waals surface area contributed by atoms with Gasteiger partial charge in [-0.1, -0.05) is 0 Å². The summed E-state index contributed by atoms with van der Waals surface area (Å²) in [7, 11) is 1.71. The Hall–Kier alpha value is -3.93. The number of nitrogens with one attached hydrogen (secondary N) is 2. The molecular formula is C22H26N8O4. The van der Waals surface area contributed by atoms with Crippen molar-refractivity contribution < 1.29 is 19.1 Å². The summed E-state index contributed by atoms with van der Waals surface area (Å²) in [4.78, 5) is 37.2. The summed E-state index contributed by atoms with van der Waals surface area (Å²) in [5, 5.41) is 19.6. The number of hydrogen-bond acceptors (Lipinski definition) is 8. The zero-order chi connectivity index (χ0) is 23.7. The highest BCUT2D eigenvalue weighted by atomic mass is 16.3. The fraction of sp³-hybridized carbons (Fsp3) is 0.409. The van der Waals surface area contributed by atoms with Crippen LogP contribution in [0.2, 0.25) is 0 Å². The number of nitrogens with zero attached hydrogens (tertiary/aromatic N) is 6. The average Bonchev–Trinajstić information content (AvgIpc) is 3.21. The number of rotatable bonds is 9. The van der Waals surface area contributed by atoms with Gasteiger partial charge in [-0.15, -0.1) is 0 Å². The fourth-order valence-electron chi connectivity index (χ4n) is 3.80. The molecule has 1 aliphatic carbocycles. The number of hydrogen-bond donors (Lipinski definition) is 3. The molecule has 3 N–H and O–H groups in total. The van der Waals surface area contributed by atoms with Crippen molar-refractivity contribution in [1.82, 2.24) is 24.6 Å². The minimum atomic E-state index is -0.482. The molecule has 12 heteroatoms. The van der Waals surface area contributed by atoms with Crippen LogP contribution in [0.3, 0.4) is 0 Å². The number of aliphatic hydroxyl groups is 1. The van der Waals surface area contributed by atoms with Gasteiger partial charge in [0.05, 0.1) is 12.8 Å². The van der Waals surface area contributed by atoms with Gasteiger partial charge in [0.25, 0.3) is 5.91 Å². The molecule has 12 nitrogen and oxygen atoms in total. The first-order valence-electron chi connectivity index (χ1n) is 11.2. The first kappa shape index (κ1) is 21.9. The van der Waals surface area contributed by atoms with Gasteiger partial charge < -0.3 is 25.1 Å². The van der Waals surface area contributed by atoms with Crippen molar-refractivity contribution in [2.45, 2.75) is 12.8 Å². The molecule has 0 aromatic carbocycles. The van der Waals surface area contributed by atoms with E-state index >= 15 is 0 Å². The Kier molecular flexibility index (Phi) is 5.88. The van der Waals surface area contributed by atoms with E-state index in [1.807, 2.05) is 6.07 Å². The summed E-state index contributed by atoms with van der Waals surface area (Å²) in [6.45, 7) is 1.90. The van der Waals surface area contributed by atoms with E-state index in [0.29, 0.717) is 42.0 Å². The maximum absolute atomic E-state index is 12.9. The minimum Gasteiger partial charge on any atom is -0.444 e. The quantitative estimate of drug-likeness (QED) is 0.433. The first-order valence-corrected chi connectivity index (χ1v) is 11.2. The Morgan fingerprint density at radius 1 is 1.32 bits per heavy atom. The van der Waals surface area contributed by atoms with Crippen molar-refractivity contribution in [3.8, 4) is 11.5 Å². The molecule has 0 atom stereocenters. The summed E-state index contributed by atoms with van der Waals surface area (Å²) in [5.74, 6) is 1.62. The number of anilines is 3. The van der Waals surface area contributed by atoms with E-state index in [1.54, 1.807) is 25.5 Å². The number of oxazole rings is 1.